The SMILES string of the molecule is Cc1ccccc1S(=O)(=O)N(CC#N)C[C@H]1CCC2=Cc3c(cnn3-c3ccc(F)cc3)C[C@@]21C. The lowest BCUT2D eigenvalue weighted by molar-refractivity contribution is 0.228. The van der Waals surface area contributed by atoms with Crippen molar-refractivity contribution in [2.75, 3.05) is 13.1 Å². The number of nitriles is 1. The molecule has 2 aromatic carbocycles. The molecule has 1 heterocycles. The summed E-state index contributed by atoms with van der Waals surface area (Å²) < 4.78 is 43.6. The number of allylic oxidation sites excluding steroid dienone is 1. The van der Waals surface area contributed by atoms with Crippen molar-refractivity contribution in [2.45, 2.75) is 38.0 Å². The fraction of sp³-hybridized carbons (Fsp3) is 0.333. The van der Waals surface area contributed by atoms with Gasteiger partial charge in [-0.3, -0.25) is 0 Å². The second-order valence-corrected chi connectivity index (χ2v) is 11.6. The van der Waals surface area contributed by atoms with Gasteiger partial charge in [-0.05, 0) is 85.1 Å². The first-order valence-corrected chi connectivity index (χ1v) is 13.1. The van der Waals surface area contributed by atoms with E-state index in [0.29, 0.717) is 12.1 Å². The van der Waals surface area contributed by atoms with Crippen LogP contribution in [0.4, 0.5) is 4.39 Å². The van der Waals surface area contributed by atoms with Gasteiger partial charge in [0.15, 0.2) is 0 Å². The topological polar surface area (TPSA) is 79.0 Å². The maximum Gasteiger partial charge on any atom is 0.244 e. The Bertz CT molecular complexity index is 1450. The zero-order valence-electron chi connectivity index (χ0n) is 19.8. The number of aromatic nitrogens is 2. The van der Waals surface area contributed by atoms with Crippen molar-refractivity contribution < 1.29 is 12.8 Å². The minimum Gasteiger partial charge on any atom is -0.233 e. The Labute approximate surface area is 205 Å². The number of benzene rings is 2. The Kier molecular flexibility index (Phi) is 5.86. The van der Waals surface area contributed by atoms with Crippen molar-refractivity contribution >= 4 is 16.1 Å². The fourth-order valence-electron chi connectivity index (χ4n) is 5.57. The van der Waals surface area contributed by atoms with E-state index < -0.39 is 10.0 Å². The van der Waals surface area contributed by atoms with Gasteiger partial charge in [0.05, 0.1) is 28.5 Å². The second-order valence-electron chi connectivity index (χ2n) is 9.66. The highest BCUT2D eigenvalue weighted by Gasteiger charge is 2.47. The van der Waals surface area contributed by atoms with Gasteiger partial charge in [0.1, 0.15) is 12.4 Å². The second kappa shape index (κ2) is 8.74. The number of nitrogens with zero attached hydrogens (tertiary/aromatic N) is 4. The molecule has 1 aromatic heterocycles. The van der Waals surface area contributed by atoms with Crippen LogP contribution < -0.4 is 0 Å². The molecule has 35 heavy (non-hydrogen) atoms. The molecule has 2 aliphatic rings. The van der Waals surface area contributed by atoms with Crippen molar-refractivity contribution in [3.05, 3.63) is 82.9 Å². The largest absolute Gasteiger partial charge is 0.244 e. The van der Waals surface area contributed by atoms with E-state index in [1.807, 2.05) is 16.9 Å². The van der Waals surface area contributed by atoms with Gasteiger partial charge in [-0.25, -0.2) is 17.5 Å². The van der Waals surface area contributed by atoms with E-state index in [4.69, 9.17) is 0 Å². The highest BCUT2D eigenvalue weighted by Crippen LogP contribution is 2.53. The molecule has 3 aromatic rings. The Morgan fingerprint density at radius 1 is 1.23 bits per heavy atom. The highest BCUT2D eigenvalue weighted by atomic mass is 32.2. The predicted molar refractivity (Wildman–Crippen MR) is 132 cm³/mol. The van der Waals surface area contributed by atoms with Crippen LogP contribution in [0, 0.1) is 35.4 Å². The summed E-state index contributed by atoms with van der Waals surface area (Å²) in [5.74, 6) is -0.217. The number of fused-ring (bicyclic) bond motifs is 2. The highest BCUT2D eigenvalue weighted by molar-refractivity contribution is 7.89. The van der Waals surface area contributed by atoms with E-state index in [2.05, 4.69) is 24.2 Å². The van der Waals surface area contributed by atoms with Crippen LogP contribution in [0.3, 0.4) is 0 Å². The zero-order valence-corrected chi connectivity index (χ0v) is 20.6. The Morgan fingerprint density at radius 2 is 1.97 bits per heavy atom. The monoisotopic (exact) mass is 490 g/mol. The van der Waals surface area contributed by atoms with E-state index in [0.717, 1.165) is 36.2 Å². The summed E-state index contributed by atoms with van der Waals surface area (Å²) in [4.78, 5) is 0.251. The molecule has 0 saturated heterocycles. The molecule has 6 nitrogen and oxygen atoms in total. The number of hydrogen-bond acceptors (Lipinski definition) is 4. The van der Waals surface area contributed by atoms with Gasteiger partial charge in [0.25, 0.3) is 0 Å². The van der Waals surface area contributed by atoms with Gasteiger partial charge >= 0.3 is 0 Å². The molecule has 1 fully saturated rings. The lowest BCUT2D eigenvalue weighted by atomic mass is 9.70. The molecule has 0 unspecified atom stereocenters. The Balaban J connectivity index is 1.45. The van der Waals surface area contributed by atoms with Crippen molar-refractivity contribution in [1.82, 2.24) is 14.1 Å². The first-order valence-electron chi connectivity index (χ1n) is 11.7. The third-order valence-corrected chi connectivity index (χ3v) is 9.58. The van der Waals surface area contributed by atoms with Crippen molar-refractivity contribution in [2.24, 2.45) is 11.3 Å². The van der Waals surface area contributed by atoms with Crippen LogP contribution in [0.15, 0.2) is 65.2 Å². The zero-order chi connectivity index (χ0) is 24.8. The molecule has 0 bridgehead atoms. The number of aryl methyl sites for hydroxylation is 1. The lowest BCUT2D eigenvalue weighted by Crippen LogP contribution is -2.41. The van der Waals surface area contributed by atoms with E-state index in [1.54, 1.807) is 37.3 Å². The van der Waals surface area contributed by atoms with Crippen molar-refractivity contribution in [3.8, 4) is 11.8 Å². The molecule has 0 radical (unpaired) electrons. The van der Waals surface area contributed by atoms with Gasteiger partial charge in [-0.1, -0.05) is 30.7 Å². The molecular weight excluding hydrogens is 463 g/mol. The molecular formula is C27H27FN4O2S. The molecule has 2 aliphatic carbocycles. The van der Waals surface area contributed by atoms with E-state index in [-0.39, 0.29) is 28.6 Å². The number of sulfonamides is 1. The van der Waals surface area contributed by atoms with Crippen LogP contribution in [0.25, 0.3) is 11.8 Å². The summed E-state index contributed by atoms with van der Waals surface area (Å²) in [5.41, 5.74) is 4.59. The molecule has 0 amide bonds. The van der Waals surface area contributed by atoms with Crippen LogP contribution in [-0.2, 0) is 16.4 Å². The summed E-state index contributed by atoms with van der Waals surface area (Å²) in [6.07, 6.45) is 6.47. The average Bonchev–Trinajstić information content (AvgIpc) is 3.37. The summed E-state index contributed by atoms with van der Waals surface area (Å²) >= 11 is 0. The van der Waals surface area contributed by atoms with Crippen LogP contribution in [-0.4, -0.2) is 35.6 Å². The molecule has 5 rings (SSSR count). The van der Waals surface area contributed by atoms with Crippen LogP contribution >= 0.6 is 0 Å². The third kappa shape index (κ3) is 3.99. The summed E-state index contributed by atoms with van der Waals surface area (Å²) in [7, 11) is -3.80. The summed E-state index contributed by atoms with van der Waals surface area (Å²) in [6, 6.07) is 15.2. The molecule has 8 heteroatoms. The minimum atomic E-state index is -3.80. The van der Waals surface area contributed by atoms with E-state index in [1.165, 1.54) is 22.0 Å². The maximum atomic E-state index is 13.5. The first kappa shape index (κ1) is 23.5. The molecule has 0 N–H and O–H groups in total. The first-order chi connectivity index (χ1) is 16.7. The molecule has 180 valence electrons. The van der Waals surface area contributed by atoms with Crippen LogP contribution in [0.2, 0.25) is 0 Å². The van der Waals surface area contributed by atoms with Crippen LogP contribution in [0.5, 0.6) is 0 Å². The Hall–Kier alpha value is -3.28. The van der Waals surface area contributed by atoms with Crippen molar-refractivity contribution in [3.63, 3.8) is 0 Å². The maximum absolute atomic E-state index is 13.5. The standard InChI is InChI=1S/C27H27FN4O2S/c1-19-5-3-4-6-26(19)35(33,34)31(14-13-29)18-22-8-7-21-15-25-20(16-27(21,22)2)17-30-32(25)24-11-9-23(28)10-12-24/h3-6,9-12,15,17,22H,7-8,14,16,18H2,1-2H3/t22-,27+/m1/s1. The quantitative estimate of drug-likeness (QED) is 0.461. The molecule has 0 spiro atoms. The predicted octanol–water partition coefficient (Wildman–Crippen LogP) is 4.89. The van der Waals surface area contributed by atoms with Gasteiger partial charge in [-0.15, -0.1) is 0 Å². The van der Waals surface area contributed by atoms with E-state index >= 15 is 0 Å². The third-order valence-electron chi connectivity index (χ3n) is 7.61. The smallest absolute Gasteiger partial charge is 0.233 e. The van der Waals surface area contributed by atoms with Crippen LogP contribution in [0.1, 0.15) is 36.6 Å². The normalized spacial score (nSPS) is 21.3. The number of hydrogen-bond donors (Lipinski definition) is 0. The van der Waals surface area contributed by atoms with E-state index in [9.17, 15) is 18.1 Å². The summed E-state index contributed by atoms with van der Waals surface area (Å²) in [5, 5.41) is 14.0. The number of halogens is 1. The Morgan fingerprint density at radius 3 is 2.69 bits per heavy atom. The van der Waals surface area contributed by atoms with Gasteiger partial charge < -0.3 is 0 Å². The minimum absolute atomic E-state index is 0.0724. The summed E-state index contributed by atoms with van der Waals surface area (Å²) in [6.45, 7) is 4.08. The van der Waals surface area contributed by atoms with Crippen molar-refractivity contribution in [1.29, 1.82) is 5.26 Å². The molecule has 0 aliphatic heterocycles. The average molecular weight is 491 g/mol. The molecule has 1 saturated carbocycles. The van der Waals surface area contributed by atoms with Gasteiger partial charge in [0, 0.05) is 6.54 Å². The van der Waals surface area contributed by atoms with Gasteiger partial charge in [-0.2, -0.15) is 14.7 Å². The lowest BCUT2D eigenvalue weighted by Gasteiger charge is -2.37. The number of rotatable bonds is 6. The molecule has 2 atom stereocenters. The van der Waals surface area contributed by atoms with Gasteiger partial charge in [0.2, 0.25) is 10.0 Å². The fourth-order valence-corrected chi connectivity index (χ4v) is 7.18.